The smallest absolute Gasteiger partial charge is 0.127 e. The highest BCUT2D eigenvalue weighted by molar-refractivity contribution is 5.68. The molecule has 0 aromatic heterocycles. The first-order chi connectivity index (χ1) is 5.65. The maximum Gasteiger partial charge on any atom is 0.127 e. The van der Waals surface area contributed by atoms with E-state index < -0.39 is 0 Å². The van der Waals surface area contributed by atoms with Gasteiger partial charge in [-0.25, -0.2) is 0 Å². The molecular weight excluding hydrogens is 152 g/mol. The fraction of sp³-hybridized carbons (Fsp3) is 0.222. The lowest BCUT2D eigenvalue weighted by Gasteiger charge is -2.08. The monoisotopic (exact) mass is 164 g/mol. The van der Waals surface area contributed by atoms with Crippen LogP contribution < -0.4 is 11.5 Å². The molecule has 0 saturated carbocycles. The normalized spacial score (nSPS) is 12.4. The number of carbonyl (C=O) groups excluding carboxylic acids is 1. The summed E-state index contributed by atoms with van der Waals surface area (Å²) >= 11 is 0. The van der Waals surface area contributed by atoms with Crippen molar-refractivity contribution >= 4 is 17.7 Å². The zero-order valence-electron chi connectivity index (χ0n) is 6.95. The largest absolute Gasteiger partial charge is 0.399 e. The number of benzene rings is 1. The van der Waals surface area contributed by atoms with E-state index in [-0.39, 0.29) is 5.92 Å². The second-order valence-electron chi connectivity index (χ2n) is 2.81. The molecule has 12 heavy (non-hydrogen) atoms. The van der Waals surface area contributed by atoms with E-state index in [1.165, 1.54) is 0 Å². The van der Waals surface area contributed by atoms with Crippen LogP contribution in [0.1, 0.15) is 18.4 Å². The number of nitrogen functional groups attached to an aromatic ring is 2. The van der Waals surface area contributed by atoms with Crippen molar-refractivity contribution in [3.8, 4) is 0 Å². The van der Waals surface area contributed by atoms with Gasteiger partial charge in [0, 0.05) is 17.3 Å². The third kappa shape index (κ3) is 1.56. The van der Waals surface area contributed by atoms with E-state index in [0.29, 0.717) is 11.4 Å². The minimum atomic E-state index is -0.187. The van der Waals surface area contributed by atoms with Crippen LogP contribution in [0.25, 0.3) is 0 Å². The van der Waals surface area contributed by atoms with Crippen molar-refractivity contribution in [2.24, 2.45) is 0 Å². The van der Waals surface area contributed by atoms with Crippen LogP contribution in [0.3, 0.4) is 0 Å². The summed E-state index contributed by atoms with van der Waals surface area (Å²) < 4.78 is 0. The Morgan fingerprint density at radius 2 is 2.08 bits per heavy atom. The Morgan fingerprint density at radius 3 is 2.67 bits per heavy atom. The number of aldehydes is 1. The van der Waals surface area contributed by atoms with Crippen molar-refractivity contribution in [1.82, 2.24) is 0 Å². The van der Waals surface area contributed by atoms with E-state index in [2.05, 4.69) is 0 Å². The zero-order valence-corrected chi connectivity index (χ0v) is 6.95. The van der Waals surface area contributed by atoms with Crippen molar-refractivity contribution in [3.63, 3.8) is 0 Å². The van der Waals surface area contributed by atoms with Crippen molar-refractivity contribution in [3.05, 3.63) is 23.8 Å². The third-order valence-corrected chi connectivity index (χ3v) is 1.81. The minimum absolute atomic E-state index is 0.187. The van der Waals surface area contributed by atoms with Crippen molar-refractivity contribution in [2.75, 3.05) is 11.5 Å². The molecule has 3 nitrogen and oxygen atoms in total. The van der Waals surface area contributed by atoms with Crippen molar-refractivity contribution in [2.45, 2.75) is 12.8 Å². The van der Waals surface area contributed by atoms with Gasteiger partial charge in [0.2, 0.25) is 0 Å². The first-order valence-corrected chi connectivity index (χ1v) is 3.75. The highest BCUT2D eigenvalue weighted by atomic mass is 16.1. The molecule has 0 saturated heterocycles. The van der Waals surface area contributed by atoms with Gasteiger partial charge in [0.15, 0.2) is 0 Å². The number of rotatable bonds is 2. The summed E-state index contributed by atoms with van der Waals surface area (Å²) in [5, 5.41) is 0. The van der Waals surface area contributed by atoms with Gasteiger partial charge in [-0.3, -0.25) is 0 Å². The first kappa shape index (κ1) is 8.59. The molecule has 4 N–H and O–H groups in total. The molecule has 1 atom stereocenters. The molecule has 0 spiro atoms. The van der Waals surface area contributed by atoms with Crippen LogP contribution in [-0.2, 0) is 4.79 Å². The van der Waals surface area contributed by atoms with Crippen LogP contribution in [-0.4, -0.2) is 6.29 Å². The van der Waals surface area contributed by atoms with Crippen molar-refractivity contribution < 1.29 is 4.79 Å². The summed E-state index contributed by atoms with van der Waals surface area (Å²) in [5.74, 6) is -0.187. The molecule has 0 fully saturated rings. The van der Waals surface area contributed by atoms with Gasteiger partial charge in [-0.15, -0.1) is 0 Å². The molecule has 1 unspecified atom stereocenters. The van der Waals surface area contributed by atoms with Gasteiger partial charge in [0.05, 0.1) is 0 Å². The van der Waals surface area contributed by atoms with Crippen LogP contribution >= 0.6 is 0 Å². The Kier molecular flexibility index (Phi) is 2.33. The molecule has 0 aliphatic rings. The molecular formula is C9H12N2O. The van der Waals surface area contributed by atoms with E-state index in [1.54, 1.807) is 25.1 Å². The Labute approximate surface area is 71.4 Å². The Hall–Kier alpha value is -1.51. The fourth-order valence-corrected chi connectivity index (χ4v) is 1.06. The maximum atomic E-state index is 10.5. The Bertz CT molecular complexity index is 297. The van der Waals surface area contributed by atoms with E-state index in [0.717, 1.165) is 11.8 Å². The number of carbonyl (C=O) groups is 1. The molecule has 64 valence electrons. The predicted molar refractivity (Wildman–Crippen MR) is 49.7 cm³/mol. The molecule has 0 aliphatic carbocycles. The summed E-state index contributed by atoms with van der Waals surface area (Å²) in [6, 6.07) is 5.16. The van der Waals surface area contributed by atoms with Crippen LogP contribution in [0.4, 0.5) is 11.4 Å². The Morgan fingerprint density at radius 1 is 1.42 bits per heavy atom. The van der Waals surface area contributed by atoms with E-state index >= 15 is 0 Å². The summed E-state index contributed by atoms with van der Waals surface area (Å²) in [6.07, 6.45) is 0.852. The van der Waals surface area contributed by atoms with Gasteiger partial charge in [0.25, 0.3) is 0 Å². The SMILES string of the molecule is CC(C=O)c1cc(N)ccc1N. The van der Waals surface area contributed by atoms with Crippen LogP contribution in [0, 0.1) is 0 Å². The molecule has 1 rings (SSSR count). The quantitative estimate of drug-likeness (QED) is 0.509. The van der Waals surface area contributed by atoms with Gasteiger partial charge in [-0.1, -0.05) is 6.92 Å². The summed E-state index contributed by atoms with van der Waals surface area (Å²) in [7, 11) is 0. The number of hydrogen-bond donors (Lipinski definition) is 2. The van der Waals surface area contributed by atoms with E-state index in [4.69, 9.17) is 11.5 Å². The molecule has 0 amide bonds. The summed E-state index contributed by atoms with van der Waals surface area (Å²) in [4.78, 5) is 10.5. The van der Waals surface area contributed by atoms with Gasteiger partial charge >= 0.3 is 0 Å². The molecule has 0 bridgehead atoms. The minimum Gasteiger partial charge on any atom is -0.399 e. The van der Waals surface area contributed by atoms with E-state index in [9.17, 15) is 4.79 Å². The van der Waals surface area contributed by atoms with Gasteiger partial charge in [-0.2, -0.15) is 0 Å². The average Bonchev–Trinajstić information content (AvgIpc) is 2.08. The summed E-state index contributed by atoms with van der Waals surface area (Å²) in [5.41, 5.74) is 13.2. The molecule has 0 radical (unpaired) electrons. The first-order valence-electron chi connectivity index (χ1n) is 3.75. The van der Waals surface area contributed by atoms with Crippen LogP contribution in [0.5, 0.6) is 0 Å². The lowest BCUT2D eigenvalue weighted by atomic mass is 10.0. The fourth-order valence-electron chi connectivity index (χ4n) is 1.06. The molecule has 3 heteroatoms. The molecule has 1 aromatic carbocycles. The number of hydrogen-bond acceptors (Lipinski definition) is 3. The standard InChI is InChI=1S/C9H12N2O/c1-6(5-12)8-4-7(10)2-3-9(8)11/h2-6H,10-11H2,1H3. The molecule has 1 aromatic rings. The number of anilines is 2. The topological polar surface area (TPSA) is 69.1 Å². The highest BCUT2D eigenvalue weighted by Crippen LogP contribution is 2.22. The zero-order chi connectivity index (χ0) is 9.14. The van der Waals surface area contributed by atoms with Gasteiger partial charge in [0.1, 0.15) is 6.29 Å². The maximum absolute atomic E-state index is 10.5. The van der Waals surface area contributed by atoms with Crippen LogP contribution in [0.2, 0.25) is 0 Å². The lowest BCUT2D eigenvalue weighted by Crippen LogP contribution is -2.01. The second-order valence-corrected chi connectivity index (χ2v) is 2.81. The average molecular weight is 164 g/mol. The van der Waals surface area contributed by atoms with Crippen molar-refractivity contribution in [1.29, 1.82) is 0 Å². The third-order valence-electron chi connectivity index (χ3n) is 1.81. The Balaban J connectivity index is 3.12. The van der Waals surface area contributed by atoms with Crippen LogP contribution in [0.15, 0.2) is 18.2 Å². The van der Waals surface area contributed by atoms with Gasteiger partial charge < -0.3 is 16.3 Å². The molecule has 0 heterocycles. The lowest BCUT2D eigenvalue weighted by molar-refractivity contribution is -0.108. The second kappa shape index (κ2) is 3.26. The number of nitrogens with two attached hydrogens (primary N) is 2. The summed E-state index contributed by atoms with van der Waals surface area (Å²) in [6.45, 7) is 1.79. The van der Waals surface area contributed by atoms with E-state index in [1.807, 2.05) is 0 Å². The molecule has 0 aliphatic heterocycles. The predicted octanol–water partition coefficient (Wildman–Crippen LogP) is 1.15. The highest BCUT2D eigenvalue weighted by Gasteiger charge is 2.07. The van der Waals surface area contributed by atoms with Gasteiger partial charge in [-0.05, 0) is 23.8 Å².